The van der Waals surface area contributed by atoms with Crippen LogP contribution in [0.2, 0.25) is 0 Å². The van der Waals surface area contributed by atoms with Crippen molar-refractivity contribution in [3.05, 3.63) is 40.7 Å². The first kappa shape index (κ1) is 19.6. The standard InChI is InChI=1S/C19H26N4O3S/c1-13-11-16(22-19(21-13)23-9-5-6-10-23)12-20-27(24,25)18-8-7-17(26-4)14(2)15(18)3/h7-8,11,20H,5-6,9-10,12H2,1-4H3. The summed E-state index contributed by atoms with van der Waals surface area (Å²) in [5.41, 5.74) is 2.99. The highest BCUT2D eigenvalue weighted by molar-refractivity contribution is 7.89. The number of ether oxygens (including phenoxy) is 1. The van der Waals surface area contributed by atoms with Gasteiger partial charge < -0.3 is 9.64 Å². The van der Waals surface area contributed by atoms with Gasteiger partial charge in [-0.15, -0.1) is 0 Å². The highest BCUT2D eigenvalue weighted by Gasteiger charge is 2.20. The Morgan fingerprint density at radius 3 is 2.48 bits per heavy atom. The Balaban J connectivity index is 1.81. The molecule has 2 aromatic rings. The van der Waals surface area contributed by atoms with Gasteiger partial charge in [0.2, 0.25) is 16.0 Å². The molecule has 2 heterocycles. The van der Waals surface area contributed by atoms with E-state index in [0.29, 0.717) is 23.0 Å². The Morgan fingerprint density at radius 1 is 1.11 bits per heavy atom. The molecule has 1 aromatic heterocycles. The fourth-order valence-corrected chi connectivity index (χ4v) is 4.59. The van der Waals surface area contributed by atoms with Gasteiger partial charge in [0.25, 0.3) is 0 Å². The minimum Gasteiger partial charge on any atom is -0.496 e. The SMILES string of the molecule is COc1ccc(S(=O)(=O)NCc2cc(C)nc(N3CCCC3)n2)c(C)c1C. The summed E-state index contributed by atoms with van der Waals surface area (Å²) in [4.78, 5) is 11.4. The van der Waals surface area contributed by atoms with Gasteiger partial charge in [-0.05, 0) is 62.9 Å². The molecule has 0 atom stereocenters. The van der Waals surface area contributed by atoms with Crippen molar-refractivity contribution >= 4 is 16.0 Å². The molecule has 27 heavy (non-hydrogen) atoms. The van der Waals surface area contributed by atoms with Crippen LogP contribution in [-0.2, 0) is 16.6 Å². The first-order valence-corrected chi connectivity index (χ1v) is 10.5. The zero-order valence-electron chi connectivity index (χ0n) is 16.2. The Hall–Kier alpha value is -2.19. The Bertz CT molecular complexity index is 938. The first-order valence-electron chi connectivity index (χ1n) is 9.05. The highest BCUT2D eigenvalue weighted by Crippen LogP contribution is 2.27. The number of nitrogens with one attached hydrogen (secondary N) is 1. The van der Waals surface area contributed by atoms with Crippen LogP contribution in [0.15, 0.2) is 23.1 Å². The normalized spacial score (nSPS) is 14.6. The second-order valence-corrected chi connectivity index (χ2v) is 8.57. The van der Waals surface area contributed by atoms with E-state index >= 15 is 0 Å². The van der Waals surface area contributed by atoms with Gasteiger partial charge in [-0.3, -0.25) is 0 Å². The van der Waals surface area contributed by atoms with Crippen LogP contribution in [0.4, 0.5) is 5.95 Å². The molecule has 7 nitrogen and oxygen atoms in total. The molecular formula is C19H26N4O3S. The van der Waals surface area contributed by atoms with Gasteiger partial charge >= 0.3 is 0 Å². The molecule has 0 spiro atoms. The molecule has 0 bridgehead atoms. The van der Waals surface area contributed by atoms with Crippen molar-refractivity contribution in [2.75, 3.05) is 25.1 Å². The maximum Gasteiger partial charge on any atom is 0.241 e. The van der Waals surface area contributed by atoms with Gasteiger partial charge in [-0.25, -0.2) is 23.1 Å². The molecule has 1 N–H and O–H groups in total. The predicted octanol–water partition coefficient (Wildman–Crippen LogP) is 2.49. The van der Waals surface area contributed by atoms with Crippen molar-refractivity contribution in [1.29, 1.82) is 0 Å². The smallest absolute Gasteiger partial charge is 0.241 e. The van der Waals surface area contributed by atoms with E-state index in [0.717, 1.165) is 37.2 Å². The van der Waals surface area contributed by atoms with Gasteiger partial charge in [0.05, 0.1) is 24.2 Å². The van der Waals surface area contributed by atoms with Crippen molar-refractivity contribution in [1.82, 2.24) is 14.7 Å². The fraction of sp³-hybridized carbons (Fsp3) is 0.474. The Kier molecular flexibility index (Phi) is 5.67. The monoisotopic (exact) mass is 390 g/mol. The van der Waals surface area contributed by atoms with Crippen molar-refractivity contribution in [3.8, 4) is 5.75 Å². The third-order valence-corrected chi connectivity index (χ3v) is 6.47. The minimum atomic E-state index is -3.66. The van der Waals surface area contributed by atoms with Gasteiger partial charge in [-0.2, -0.15) is 0 Å². The van der Waals surface area contributed by atoms with Crippen LogP contribution in [0.5, 0.6) is 5.75 Å². The van der Waals surface area contributed by atoms with Crippen molar-refractivity contribution in [3.63, 3.8) is 0 Å². The van der Waals surface area contributed by atoms with Crippen LogP contribution >= 0.6 is 0 Å². The topological polar surface area (TPSA) is 84.4 Å². The molecule has 3 rings (SSSR count). The lowest BCUT2D eigenvalue weighted by atomic mass is 10.1. The Labute approximate surface area is 160 Å². The molecule has 1 aliphatic heterocycles. The van der Waals surface area contributed by atoms with E-state index in [1.54, 1.807) is 26.2 Å². The van der Waals surface area contributed by atoms with Crippen LogP contribution in [-0.4, -0.2) is 38.6 Å². The molecule has 0 unspecified atom stereocenters. The zero-order valence-corrected chi connectivity index (χ0v) is 17.1. The summed E-state index contributed by atoms with van der Waals surface area (Å²) >= 11 is 0. The molecule has 1 fully saturated rings. The van der Waals surface area contributed by atoms with Gasteiger partial charge in [0.15, 0.2) is 0 Å². The fourth-order valence-electron chi connectivity index (χ4n) is 3.30. The lowest BCUT2D eigenvalue weighted by molar-refractivity contribution is 0.410. The third kappa shape index (κ3) is 4.22. The lowest BCUT2D eigenvalue weighted by Crippen LogP contribution is -2.26. The van der Waals surface area contributed by atoms with E-state index in [1.165, 1.54) is 0 Å². The summed E-state index contributed by atoms with van der Waals surface area (Å²) in [6.45, 7) is 7.54. The number of benzene rings is 1. The number of hydrogen-bond acceptors (Lipinski definition) is 6. The molecule has 1 saturated heterocycles. The lowest BCUT2D eigenvalue weighted by Gasteiger charge is -2.17. The van der Waals surface area contributed by atoms with E-state index < -0.39 is 10.0 Å². The predicted molar refractivity (Wildman–Crippen MR) is 105 cm³/mol. The van der Waals surface area contributed by atoms with Crippen molar-refractivity contribution in [2.45, 2.75) is 45.1 Å². The summed E-state index contributed by atoms with van der Waals surface area (Å²) < 4.78 is 33.5. The van der Waals surface area contributed by atoms with Crippen LogP contribution in [0.1, 0.15) is 35.4 Å². The average Bonchev–Trinajstić information content (AvgIpc) is 3.16. The van der Waals surface area contributed by atoms with Crippen LogP contribution < -0.4 is 14.4 Å². The second kappa shape index (κ2) is 7.82. The molecule has 0 aliphatic carbocycles. The highest BCUT2D eigenvalue weighted by atomic mass is 32.2. The largest absolute Gasteiger partial charge is 0.496 e. The van der Waals surface area contributed by atoms with Crippen LogP contribution in [0.3, 0.4) is 0 Å². The minimum absolute atomic E-state index is 0.122. The van der Waals surface area contributed by atoms with Gasteiger partial charge in [-0.1, -0.05) is 0 Å². The van der Waals surface area contributed by atoms with Crippen LogP contribution in [0.25, 0.3) is 0 Å². The number of hydrogen-bond donors (Lipinski definition) is 1. The van der Waals surface area contributed by atoms with E-state index in [-0.39, 0.29) is 11.4 Å². The maximum absolute atomic E-state index is 12.8. The summed E-state index contributed by atoms with van der Waals surface area (Å²) in [5.74, 6) is 1.35. The molecule has 0 amide bonds. The third-order valence-electron chi connectivity index (χ3n) is 4.92. The van der Waals surface area contributed by atoms with E-state index in [2.05, 4.69) is 19.6 Å². The van der Waals surface area contributed by atoms with Crippen LogP contribution in [0, 0.1) is 20.8 Å². The summed E-state index contributed by atoms with van der Waals surface area (Å²) in [6.07, 6.45) is 2.27. The van der Waals surface area contributed by atoms with E-state index in [9.17, 15) is 8.42 Å². The van der Waals surface area contributed by atoms with E-state index in [4.69, 9.17) is 4.74 Å². The number of aryl methyl sites for hydroxylation is 1. The molecule has 1 aromatic carbocycles. The summed E-state index contributed by atoms with van der Waals surface area (Å²) in [7, 11) is -2.09. The average molecular weight is 391 g/mol. The quantitative estimate of drug-likeness (QED) is 0.816. The number of aromatic nitrogens is 2. The number of methoxy groups -OCH3 is 1. The summed E-state index contributed by atoms with van der Waals surface area (Å²) in [6, 6.07) is 5.07. The first-order chi connectivity index (χ1) is 12.8. The Morgan fingerprint density at radius 2 is 1.81 bits per heavy atom. The maximum atomic E-state index is 12.8. The second-order valence-electron chi connectivity index (χ2n) is 6.84. The molecule has 0 saturated carbocycles. The molecule has 1 aliphatic rings. The molecular weight excluding hydrogens is 364 g/mol. The zero-order chi connectivity index (χ0) is 19.6. The summed E-state index contributed by atoms with van der Waals surface area (Å²) in [5, 5.41) is 0. The molecule has 146 valence electrons. The van der Waals surface area contributed by atoms with Gasteiger partial charge in [0.1, 0.15) is 5.75 Å². The number of anilines is 1. The molecule has 0 radical (unpaired) electrons. The number of sulfonamides is 1. The number of rotatable bonds is 6. The van der Waals surface area contributed by atoms with E-state index in [1.807, 2.05) is 19.9 Å². The van der Waals surface area contributed by atoms with Crippen molar-refractivity contribution < 1.29 is 13.2 Å². The van der Waals surface area contributed by atoms with Gasteiger partial charge in [0, 0.05) is 18.8 Å². The van der Waals surface area contributed by atoms with Crippen molar-refractivity contribution in [2.24, 2.45) is 0 Å². The molecule has 8 heteroatoms. The number of nitrogens with zero attached hydrogens (tertiary/aromatic N) is 3.